The number of carboxylic acids is 2. The molecule has 4 amide bonds. The number of primary amides is 1. The lowest BCUT2D eigenvalue weighted by atomic mass is 10.0. The first kappa shape index (κ1) is 28.7. The monoisotopic (exact) mass is 461 g/mol. The second-order valence-electron chi connectivity index (χ2n) is 7.69. The molecule has 0 fully saturated rings. The van der Waals surface area contributed by atoms with Crippen molar-refractivity contribution in [1.29, 1.82) is 0 Å². The number of aliphatic carboxylic acids is 2. The minimum Gasteiger partial charge on any atom is -0.481 e. The van der Waals surface area contributed by atoms with E-state index in [0.29, 0.717) is 0 Å². The SMILES string of the molecule is CC(C)CC(NC(=O)C(N)CC(N)=O)C(=O)NC(C(=O)NC(CC(=O)O)C(=O)O)C(C)O. The highest BCUT2D eigenvalue weighted by Crippen LogP contribution is 2.07. The number of carbonyl (C=O) groups excluding carboxylic acids is 4. The third-order valence-electron chi connectivity index (χ3n) is 4.15. The van der Waals surface area contributed by atoms with Crippen molar-refractivity contribution in [1.82, 2.24) is 16.0 Å². The first-order valence-corrected chi connectivity index (χ1v) is 9.73. The topological polar surface area (TPSA) is 251 Å². The van der Waals surface area contributed by atoms with E-state index in [-0.39, 0.29) is 12.3 Å². The lowest BCUT2D eigenvalue weighted by molar-refractivity contribution is -0.148. The summed E-state index contributed by atoms with van der Waals surface area (Å²) in [4.78, 5) is 70.2. The Morgan fingerprint density at radius 2 is 1.34 bits per heavy atom. The van der Waals surface area contributed by atoms with Crippen molar-refractivity contribution < 1.29 is 44.1 Å². The maximum Gasteiger partial charge on any atom is 0.326 e. The molecule has 14 nitrogen and oxygen atoms in total. The largest absolute Gasteiger partial charge is 0.481 e. The molecule has 0 heterocycles. The Labute approximate surface area is 184 Å². The fraction of sp³-hybridized carbons (Fsp3) is 0.667. The van der Waals surface area contributed by atoms with Gasteiger partial charge in [-0.1, -0.05) is 13.8 Å². The first-order valence-electron chi connectivity index (χ1n) is 9.73. The maximum atomic E-state index is 12.7. The van der Waals surface area contributed by atoms with Crippen LogP contribution in [0.1, 0.15) is 40.0 Å². The molecule has 10 N–H and O–H groups in total. The smallest absolute Gasteiger partial charge is 0.326 e. The molecule has 0 aliphatic carbocycles. The lowest BCUT2D eigenvalue weighted by Crippen LogP contribution is -2.60. The van der Waals surface area contributed by atoms with Crippen molar-refractivity contribution in [3.05, 3.63) is 0 Å². The minimum atomic E-state index is -1.80. The highest BCUT2D eigenvalue weighted by Gasteiger charge is 2.33. The summed E-state index contributed by atoms with van der Waals surface area (Å²) in [6.45, 7) is 4.65. The van der Waals surface area contributed by atoms with Gasteiger partial charge in [0.25, 0.3) is 0 Å². The number of hydrogen-bond acceptors (Lipinski definition) is 8. The van der Waals surface area contributed by atoms with Crippen LogP contribution in [-0.4, -0.2) is 81.2 Å². The van der Waals surface area contributed by atoms with Gasteiger partial charge < -0.3 is 42.7 Å². The third-order valence-corrected chi connectivity index (χ3v) is 4.15. The zero-order chi connectivity index (χ0) is 25.2. The maximum absolute atomic E-state index is 12.7. The van der Waals surface area contributed by atoms with Crippen molar-refractivity contribution in [2.24, 2.45) is 17.4 Å². The van der Waals surface area contributed by atoms with E-state index < -0.39 is 78.7 Å². The van der Waals surface area contributed by atoms with Crippen LogP contribution < -0.4 is 27.4 Å². The van der Waals surface area contributed by atoms with Gasteiger partial charge in [0, 0.05) is 0 Å². The van der Waals surface area contributed by atoms with Crippen molar-refractivity contribution in [3.8, 4) is 0 Å². The van der Waals surface area contributed by atoms with Crippen molar-refractivity contribution in [2.45, 2.75) is 70.3 Å². The molecule has 0 radical (unpaired) electrons. The number of nitrogens with two attached hydrogens (primary N) is 2. The molecule has 0 aromatic carbocycles. The zero-order valence-electron chi connectivity index (χ0n) is 18.0. The molecule has 0 aromatic rings. The van der Waals surface area contributed by atoms with E-state index in [1.54, 1.807) is 13.8 Å². The van der Waals surface area contributed by atoms with Crippen molar-refractivity contribution in [3.63, 3.8) is 0 Å². The molecule has 32 heavy (non-hydrogen) atoms. The minimum absolute atomic E-state index is 0.103. The normalized spacial score (nSPS) is 15.6. The van der Waals surface area contributed by atoms with Gasteiger partial charge in [0.15, 0.2) is 0 Å². The second kappa shape index (κ2) is 13.2. The highest BCUT2D eigenvalue weighted by molar-refractivity contribution is 5.95. The van der Waals surface area contributed by atoms with E-state index in [1.807, 2.05) is 5.32 Å². The molecular weight excluding hydrogens is 430 g/mol. The third kappa shape index (κ3) is 10.7. The van der Waals surface area contributed by atoms with Gasteiger partial charge in [0.05, 0.1) is 25.0 Å². The average Bonchev–Trinajstić information content (AvgIpc) is 2.62. The van der Waals surface area contributed by atoms with Gasteiger partial charge in [-0.05, 0) is 19.3 Å². The van der Waals surface area contributed by atoms with Crippen LogP contribution in [0.3, 0.4) is 0 Å². The number of aliphatic hydroxyl groups is 1. The molecule has 182 valence electrons. The van der Waals surface area contributed by atoms with Gasteiger partial charge in [-0.25, -0.2) is 4.79 Å². The van der Waals surface area contributed by atoms with Gasteiger partial charge in [0.2, 0.25) is 23.6 Å². The Morgan fingerprint density at radius 1 is 0.812 bits per heavy atom. The summed E-state index contributed by atoms with van der Waals surface area (Å²) >= 11 is 0. The van der Waals surface area contributed by atoms with Crippen molar-refractivity contribution >= 4 is 35.6 Å². The van der Waals surface area contributed by atoms with Crippen LogP contribution in [0.2, 0.25) is 0 Å². The summed E-state index contributed by atoms with van der Waals surface area (Å²) in [7, 11) is 0. The highest BCUT2D eigenvalue weighted by atomic mass is 16.4. The van der Waals surface area contributed by atoms with Crippen LogP contribution in [0.4, 0.5) is 0 Å². The Morgan fingerprint density at radius 3 is 1.75 bits per heavy atom. The van der Waals surface area contributed by atoms with E-state index in [0.717, 1.165) is 6.92 Å². The van der Waals surface area contributed by atoms with Gasteiger partial charge in [-0.3, -0.25) is 24.0 Å². The molecule has 0 spiro atoms. The molecule has 0 rings (SSSR count). The molecule has 5 unspecified atom stereocenters. The fourth-order valence-corrected chi connectivity index (χ4v) is 2.59. The predicted octanol–water partition coefficient (Wildman–Crippen LogP) is -3.37. The van der Waals surface area contributed by atoms with E-state index in [1.165, 1.54) is 0 Å². The summed E-state index contributed by atoms with van der Waals surface area (Å²) < 4.78 is 0. The number of carbonyl (C=O) groups is 6. The Balaban J connectivity index is 5.45. The van der Waals surface area contributed by atoms with Gasteiger partial charge >= 0.3 is 11.9 Å². The molecule has 14 heteroatoms. The number of hydrogen-bond donors (Lipinski definition) is 8. The molecule has 0 bridgehead atoms. The van der Waals surface area contributed by atoms with E-state index in [9.17, 15) is 33.9 Å². The fourth-order valence-electron chi connectivity index (χ4n) is 2.59. The van der Waals surface area contributed by atoms with E-state index in [2.05, 4.69) is 10.6 Å². The van der Waals surface area contributed by atoms with Crippen LogP contribution in [0.15, 0.2) is 0 Å². The molecular formula is C18H31N5O9. The Bertz CT molecular complexity index is 726. The molecule has 0 aromatic heterocycles. The summed E-state index contributed by atoms with van der Waals surface area (Å²) in [5.74, 6) is -6.89. The summed E-state index contributed by atoms with van der Waals surface area (Å²) in [6.07, 6.45) is -2.77. The summed E-state index contributed by atoms with van der Waals surface area (Å²) in [5, 5.41) is 34.2. The van der Waals surface area contributed by atoms with Gasteiger partial charge in [-0.15, -0.1) is 0 Å². The molecule has 0 aliphatic heterocycles. The van der Waals surface area contributed by atoms with Gasteiger partial charge in [0.1, 0.15) is 18.1 Å². The first-order chi connectivity index (χ1) is 14.6. The summed E-state index contributed by atoms with van der Waals surface area (Å²) in [5.41, 5.74) is 10.6. The van der Waals surface area contributed by atoms with Crippen LogP contribution >= 0.6 is 0 Å². The van der Waals surface area contributed by atoms with Crippen LogP contribution in [0.25, 0.3) is 0 Å². The lowest BCUT2D eigenvalue weighted by Gasteiger charge is -2.27. The number of aliphatic hydroxyl groups excluding tert-OH is 1. The molecule has 5 atom stereocenters. The standard InChI is InChI=1S/C18H31N5O9/c1-7(2)4-10(21-15(28)9(19)5-12(20)25)16(29)23-14(8(3)24)17(30)22-11(18(31)32)6-13(26)27/h7-11,14,24H,4-6,19H2,1-3H3,(H2,20,25)(H,21,28)(H,22,30)(H,23,29)(H,26,27)(H,31,32). The number of carboxylic acid groups (broad SMARTS) is 2. The number of rotatable bonds is 14. The molecule has 0 aliphatic rings. The Kier molecular flexibility index (Phi) is 11.9. The second-order valence-corrected chi connectivity index (χ2v) is 7.69. The molecule has 0 saturated heterocycles. The van der Waals surface area contributed by atoms with Crippen LogP contribution in [-0.2, 0) is 28.8 Å². The zero-order valence-corrected chi connectivity index (χ0v) is 18.0. The predicted molar refractivity (Wildman–Crippen MR) is 109 cm³/mol. The average molecular weight is 461 g/mol. The van der Waals surface area contributed by atoms with Gasteiger partial charge in [-0.2, -0.15) is 0 Å². The quantitative estimate of drug-likeness (QED) is 0.127. The van der Waals surface area contributed by atoms with Crippen LogP contribution in [0, 0.1) is 5.92 Å². The van der Waals surface area contributed by atoms with Crippen molar-refractivity contribution in [2.75, 3.05) is 0 Å². The van der Waals surface area contributed by atoms with E-state index >= 15 is 0 Å². The molecule has 0 saturated carbocycles. The number of amides is 4. The Hall–Kier alpha value is -3.26. The summed E-state index contributed by atoms with van der Waals surface area (Å²) in [6, 6.07) is -5.96. The number of nitrogens with one attached hydrogen (secondary N) is 3. The van der Waals surface area contributed by atoms with E-state index in [4.69, 9.17) is 21.7 Å². The van der Waals surface area contributed by atoms with Crippen LogP contribution in [0.5, 0.6) is 0 Å².